The lowest BCUT2D eigenvalue weighted by Gasteiger charge is -2.08. The largest absolute Gasteiger partial charge is 0.478 e. The summed E-state index contributed by atoms with van der Waals surface area (Å²) in [6.07, 6.45) is 0. The molecule has 0 bridgehead atoms. The van der Waals surface area contributed by atoms with Gasteiger partial charge in [0.2, 0.25) is 10.0 Å². The van der Waals surface area contributed by atoms with Crippen molar-refractivity contribution in [3.8, 4) is 0 Å². The van der Waals surface area contributed by atoms with Crippen molar-refractivity contribution in [1.29, 1.82) is 0 Å². The monoisotopic (exact) mass is 313 g/mol. The van der Waals surface area contributed by atoms with Gasteiger partial charge in [0.05, 0.1) is 24.5 Å². The summed E-state index contributed by atoms with van der Waals surface area (Å²) in [6.45, 7) is 6.29. The summed E-state index contributed by atoms with van der Waals surface area (Å²) in [5.74, 6) is -1.36. The Hall–Kier alpha value is -1.70. The van der Waals surface area contributed by atoms with Crippen molar-refractivity contribution in [2.24, 2.45) is 0 Å². The highest BCUT2D eigenvalue weighted by Crippen LogP contribution is 2.08. The Kier molecular flexibility index (Phi) is 6.54. The molecule has 21 heavy (non-hydrogen) atoms. The first-order valence-electron chi connectivity index (χ1n) is 6.32. The van der Waals surface area contributed by atoms with Crippen molar-refractivity contribution >= 4 is 16.0 Å². The highest BCUT2D eigenvalue weighted by atomic mass is 32.2. The maximum absolute atomic E-state index is 11.8. The van der Waals surface area contributed by atoms with Gasteiger partial charge in [0.15, 0.2) is 0 Å². The van der Waals surface area contributed by atoms with Crippen molar-refractivity contribution in [3.63, 3.8) is 0 Å². The van der Waals surface area contributed by atoms with E-state index in [-0.39, 0.29) is 24.5 Å². The summed E-state index contributed by atoms with van der Waals surface area (Å²) >= 11 is 0. The predicted molar refractivity (Wildman–Crippen MR) is 79.7 cm³/mol. The number of sulfonamides is 1. The molecule has 1 aromatic rings. The molecule has 0 amide bonds. The minimum Gasteiger partial charge on any atom is -0.478 e. The summed E-state index contributed by atoms with van der Waals surface area (Å²) in [7, 11) is -3.52. The molecule has 0 unspecified atom stereocenters. The quantitative estimate of drug-likeness (QED) is 0.531. The first-order chi connectivity index (χ1) is 9.80. The Bertz CT molecular complexity index is 610. The number of carboxylic acid groups (broad SMARTS) is 1. The molecule has 116 valence electrons. The molecule has 2 N–H and O–H groups in total. The molecule has 7 heteroatoms. The number of hydrogen-bond acceptors (Lipinski definition) is 4. The van der Waals surface area contributed by atoms with Gasteiger partial charge in [0, 0.05) is 6.54 Å². The topological polar surface area (TPSA) is 92.7 Å². The van der Waals surface area contributed by atoms with Gasteiger partial charge in [-0.1, -0.05) is 24.3 Å². The number of hydrogen-bond donors (Lipinski definition) is 2. The zero-order chi connectivity index (χ0) is 15.9. The van der Waals surface area contributed by atoms with E-state index >= 15 is 0 Å². The summed E-state index contributed by atoms with van der Waals surface area (Å²) in [4.78, 5) is 10.8. The third-order valence-electron chi connectivity index (χ3n) is 2.45. The van der Waals surface area contributed by atoms with Gasteiger partial charge in [-0.2, -0.15) is 0 Å². The number of aromatic carboxylic acids is 1. The van der Waals surface area contributed by atoms with Crippen molar-refractivity contribution in [1.82, 2.24) is 4.72 Å². The average Bonchev–Trinajstić information content (AvgIpc) is 2.37. The smallest absolute Gasteiger partial charge is 0.335 e. The van der Waals surface area contributed by atoms with Crippen LogP contribution in [0.2, 0.25) is 0 Å². The third-order valence-corrected chi connectivity index (χ3v) is 3.80. The Labute approximate surface area is 124 Å². The zero-order valence-corrected chi connectivity index (χ0v) is 12.6. The third kappa shape index (κ3) is 7.03. The van der Waals surface area contributed by atoms with Crippen LogP contribution in [0, 0.1) is 0 Å². The van der Waals surface area contributed by atoms with E-state index in [2.05, 4.69) is 11.3 Å². The van der Waals surface area contributed by atoms with E-state index in [9.17, 15) is 13.2 Å². The standard InChI is InChI=1S/C14H19NO5S/c1-11(2)9-20-7-6-15-21(18,19)10-12-4-3-5-13(8-12)14(16)17/h3-5,8,15H,1,6-7,9-10H2,2H3,(H,16,17). The predicted octanol–water partition coefficient (Wildman–Crippen LogP) is 1.40. The second-order valence-electron chi connectivity index (χ2n) is 4.67. The Balaban J connectivity index is 2.50. The number of benzene rings is 1. The number of nitrogens with one attached hydrogen (secondary N) is 1. The normalized spacial score (nSPS) is 11.3. The maximum Gasteiger partial charge on any atom is 0.335 e. The van der Waals surface area contributed by atoms with E-state index in [0.717, 1.165) is 5.57 Å². The molecule has 0 aliphatic carbocycles. The van der Waals surface area contributed by atoms with Crippen molar-refractivity contribution in [3.05, 3.63) is 47.5 Å². The lowest BCUT2D eigenvalue weighted by Crippen LogP contribution is -2.28. The van der Waals surface area contributed by atoms with E-state index in [1.807, 2.05) is 6.92 Å². The van der Waals surface area contributed by atoms with Crippen LogP contribution in [0.1, 0.15) is 22.8 Å². The number of carboxylic acids is 1. The van der Waals surface area contributed by atoms with Gasteiger partial charge in [-0.05, 0) is 24.6 Å². The fourth-order valence-corrected chi connectivity index (χ4v) is 2.70. The van der Waals surface area contributed by atoms with Crippen LogP contribution in [-0.2, 0) is 20.5 Å². The molecule has 0 radical (unpaired) electrons. The fourth-order valence-electron chi connectivity index (χ4n) is 1.58. The van der Waals surface area contributed by atoms with Gasteiger partial charge in [0.1, 0.15) is 0 Å². The first-order valence-corrected chi connectivity index (χ1v) is 7.97. The van der Waals surface area contributed by atoms with Crippen LogP contribution in [0.25, 0.3) is 0 Å². The van der Waals surface area contributed by atoms with E-state index in [1.54, 1.807) is 6.07 Å². The molecule has 0 aromatic heterocycles. The van der Waals surface area contributed by atoms with Crippen LogP contribution >= 0.6 is 0 Å². The van der Waals surface area contributed by atoms with Gasteiger partial charge in [-0.15, -0.1) is 0 Å². The molecule has 6 nitrogen and oxygen atoms in total. The highest BCUT2D eigenvalue weighted by molar-refractivity contribution is 7.88. The van der Waals surface area contributed by atoms with Crippen molar-refractivity contribution < 1.29 is 23.1 Å². The Morgan fingerprint density at radius 2 is 2.14 bits per heavy atom. The average molecular weight is 313 g/mol. The van der Waals surface area contributed by atoms with E-state index in [1.165, 1.54) is 18.2 Å². The minimum atomic E-state index is -3.52. The number of carbonyl (C=O) groups is 1. The lowest BCUT2D eigenvalue weighted by molar-refractivity contribution is 0.0696. The number of ether oxygens (including phenoxy) is 1. The molecule has 0 fully saturated rings. The van der Waals surface area contributed by atoms with E-state index in [0.29, 0.717) is 12.2 Å². The van der Waals surface area contributed by atoms with E-state index in [4.69, 9.17) is 9.84 Å². The molecule has 0 aliphatic rings. The molecule has 0 saturated carbocycles. The fraction of sp³-hybridized carbons (Fsp3) is 0.357. The number of rotatable bonds is 9. The molecule has 0 spiro atoms. The van der Waals surface area contributed by atoms with Gasteiger partial charge < -0.3 is 9.84 Å². The molecular formula is C14H19NO5S. The van der Waals surface area contributed by atoms with Gasteiger partial charge >= 0.3 is 5.97 Å². The summed E-state index contributed by atoms with van der Waals surface area (Å²) in [5, 5.41) is 8.86. The van der Waals surface area contributed by atoms with Crippen LogP contribution in [0.4, 0.5) is 0 Å². The molecule has 0 saturated heterocycles. The van der Waals surface area contributed by atoms with Crippen molar-refractivity contribution in [2.75, 3.05) is 19.8 Å². The minimum absolute atomic E-state index is 0.0625. The molecule has 0 heterocycles. The lowest BCUT2D eigenvalue weighted by atomic mass is 10.1. The SMILES string of the molecule is C=C(C)COCCNS(=O)(=O)Cc1cccc(C(=O)O)c1. The molecule has 1 aromatic carbocycles. The zero-order valence-electron chi connectivity index (χ0n) is 11.8. The molecule has 1 rings (SSSR count). The highest BCUT2D eigenvalue weighted by Gasteiger charge is 2.12. The maximum atomic E-state index is 11.8. The summed E-state index contributed by atoms with van der Waals surface area (Å²) in [5.41, 5.74) is 1.35. The van der Waals surface area contributed by atoms with Crippen LogP contribution < -0.4 is 4.72 Å². The molecule has 0 aliphatic heterocycles. The van der Waals surface area contributed by atoms with Crippen LogP contribution in [0.5, 0.6) is 0 Å². The van der Waals surface area contributed by atoms with Gasteiger partial charge in [-0.25, -0.2) is 17.9 Å². The Morgan fingerprint density at radius 3 is 2.76 bits per heavy atom. The second kappa shape index (κ2) is 7.92. The summed E-state index contributed by atoms with van der Waals surface area (Å²) in [6, 6.07) is 5.85. The Morgan fingerprint density at radius 1 is 1.43 bits per heavy atom. The first kappa shape index (κ1) is 17.4. The van der Waals surface area contributed by atoms with Crippen LogP contribution in [0.15, 0.2) is 36.4 Å². The second-order valence-corrected chi connectivity index (χ2v) is 6.48. The van der Waals surface area contributed by atoms with Crippen LogP contribution in [0.3, 0.4) is 0 Å². The van der Waals surface area contributed by atoms with Gasteiger partial charge in [0.25, 0.3) is 0 Å². The van der Waals surface area contributed by atoms with Gasteiger partial charge in [-0.3, -0.25) is 0 Å². The molecular weight excluding hydrogens is 294 g/mol. The summed E-state index contributed by atoms with van der Waals surface area (Å²) < 4.78 is 31.3. The molecule has 0 atom stereocenters. The van der Waals surface area contributed by atoms with Crippen LogP contribution in [-0.4, -0.2) is 39.3 Å². The van der Waals surface area contributed by atoms with E-state index < -0.39 is 16.0 Å². The van der Waals surface area contributed by atoms with Crippen molar-refractivity contribution in [2.45, 2.75) is 12.7 Å².